The number of nitrogens with zero attached hydrogens (tertiary/aromatic N) is 4. The zero-order valence-corrected chi connectivity index (χ0v) is 16.7. The monoisotopic (exact) mass is 421 g/mol. The van der Waals surface area contributed by atoms with Crippen LogP contribution < -0.4 is 10.5 Å². The molecule has 0 saturated carbocycles. The van der Waals surface area contributed by atoms with E-state index in [0.717, 1.165) is 29.1 Å². The van der Waals surface area contributed by atoms with Gasteiger partial charge in [0.1, 0.15) is 18.0 Å². The minimum Gasteiger partial charge on any atom is -0.439 e. The number of benzene rings is 1. The van der Waals surface area contributed by atoms with Crippen molar-refractivity contribution >= 4 is 22.5 Å². The molecule has 1 amide bonds. The Hall–Kier alpha value is -3.97. The second-order valence-electron chi connectivity index (χ2n) is 7.45. The van der Waals surface area contributed by atoms with Crippen LogP contribution in [-0.2, 0) is 11.2 Å². The summed E-state index contributed by atoms with van der Waals surface area (Å²) in [6.45, 7) is 0.594. The number of nitriles is 1. The third kappa shape index (κ3) is 4.17. The predicted molar refractivity (Wildman–Crippen MR) is 110 cm³/mol. The van der Waals surface area contributed by atoms with E-state index in [9.17, 15) is 20.2 Å². The summed E-state index contributed by atoms with van der Waals surface area (Å²) in [7, 11) is 0. The summed E-state index contributed by atoms with van der Waals surface area (Å²) in [5, 5.41) is 20.9. The van der Waals surface area contributed by atoms with Crippen LogP contribution in [-0.4, -0.2) is 44.3 Å². The van der Waals surface area contributed by atoms with Gasteiger partial charge >= 0.3 is 0 Å². The highest BCUT2D eigenvalue weighted by Crippen LogP contribution is 2.28. The number of aromatic nitrogens is 2. The van der Waals surface area contributed by atoms with Crippen molar-refractivity contribution in [2.45, 2.75) is 31.3 Å². The van der Waals surface area contributed by atoms with Crippen molar-refractivity contribution in [2.24, 2.45) is 0 Å². The van der Waals surface area contributed by atoms with E-state index in [1.165, 1.54) is 12.1 Å². The second-order valence-corrected chi connectivity index (χ2v) is 7.45. The molecule has 2 unspecified atom stereocenters. The molecule has 158 valence electrons. The van der Waals surface area contributed by atoms with Crippen molar-refractivity contribution in [3.63, 3.8) is 0 Å². The summed E-state index contributed by atoms with van der Waals surface area (Å²) in [5.41, 5.74) is 5.72. The molecular weight excluding hydrogens is 400 g/mol. The summed E-state index contributed by atoms with van der Waals surface area (Å²) in [4.78, 5) is 31.8. The molecular formula is C21H21N6O4+. The first kappa shape index (κ1) is 20.3. The third-order valence-corrected chi connectivity index (χ3v) is 5.39. The van der Waals surface area contributed by atoms with Crippen molar-refractivity contribution in [3.05, 3.63) is 58.4 Å². The molecule has 31 heavy (non-hydrogen) atoms. The Labute approximate surface area is 177 Å². The number of hydrogen-bond donors (Lipinski definition) is 2. The van der Waals surface area contributed by atoms with Gasteiger partial charge in [0.05, 0.1) is 11.0 Å². The Morgan fingerprint density at radius 3 is 3.00 bits per heavy atom. The molecule has 10 nitrogen and oxygen atoms in total. The van der Waals surface area contributed by atoms with Gasteiger partial charge in [0, 0.05) is 42.2 Å². The number of rotatable bonds is 6. The van der Waals surface area contributed by atoms with Crippen LogP contribution in [0.2, 0.25) is 0 Å². The van der Waals surface area contributed by atoms with Gasteiger partial charge in [0.15, 0.2) is 6.04 Å². The van der Waals surface area contributed by atoms with E-state index in [1.54, 1.807) is 11.0 Å². The largest absolute Gasteiger partial charge is 0.439 e. The van der Waals surface area contributed by atoms with Crippen LogP contribution in [0.5, 0.6) is 11.6 Å². The zero-order valence-electron chi connectivity index (χ0n) is 16.7. The van der Waals surface area contributed by atoms with Gasteiger partial charge in [-0.05, 0) is 36.6 Å². The average Bonchev–Trinajstić information content (AvgIpc) is 3.40. The molecule has 1 aromatic carbocycles. The van der Waals surface area contributed by atoms with E-state index in [0.29, 0.717) is 25.1 Å². The maximum atomic E-state index is 12.8. The van der Waals surface area contributed by atoms with Crippen molar-refractivity contribution in [1.82, 2.24) is 14.9 Å². The number of aromatic amines is 1. The second kappa shape index (κ2) is 8.41. The lowest BCUT2D eigenvalue weighted by atomic mass is 10.0. The van der Waals surface area contributed by atoms with E-state index < -0.39 is 11.0 Å². The molecule has 1 aliphatic heterocycles. The van der Waals surface area contributed by atoms with Gasteiger partial charge in [0.2, 0.25) is 5.88 Å². The fourth-order valence-corrected chi connectivity index (χ4v) is 3.80. The molecule has 3 heterocycles. The molecule has 0 aliphatic carbocycles. The van der Waals surface area contributed by atoms with Gasteiger partial charge in [-0.3, -0.25) is 14.9 Å². The SMILES string of the molecule is N#CC1CCCN1C(=O)C([NH3+])Cc1c[nH]c2ccc(Oc3ccc([N+](=O)[O-])cn3)cc12. The molecule has 10 heteroatoms. The molecule has 1 aliphatic rings. The highest BCUT2D eigenvalue weighted by Gasteiger charge is 2.33. The smallest absolute Gasteiger partial charge is 0.287 e. The molecule has 1 saturated heterocycles. The number of quaternary nitrogens is 1. The van der Waals surface area contributed by atoms with Crippen LogP contribution in [0.25, 0.3) is 10.9 Å². The Bertz CT molecular complexity index is 1170. The number of hydrogen-bond acceptors (Lipinski definition) is 6. The summed E-state index contributed by atoms with van der Waals surface area (Å²) in [6.07, 6.45) is 4.95. The standard InChI is InChI=1S/C21H20N6O4/c22-10-14-2-1-7-26(14)21(28)18(23)8-13-11-24-19-5-4-16(9-17(13)19)31-20-6-3-15(12-25-20)27(29)30/h3-6,9,11-12,14,18,24H,1-2,7-8,23H2/p+1. The Kier molecular flexibility index (Phi) is 5.51. The summed E-state index contributed by atoms with van der Waals surface area (Å²) >= 11 is 0. The van der Waals surface area contributed by atoms with Gasteiger partial charge in [-0.2, -0.15) is 5.26 Å². The first-order valence-electron chi connectivity index (χ1n) is 9.87. The Balaban J connectivity index is 1.51. The van der Waals surface area contributed by atoms with E-state index in [1.807, 2.05) is 18.3 Å². The number of nitro groups is 1. The number of carbonyl (C=O) groups excluding carboxylic acids is 1. The van der Waals surface area contributed by atoms with Crippen LogP contribution >= 0.6 is 0 Å². The third-order valence-electron chi connectivity index (χ3n) is 5.39. The normalized spacial score (nSPS) is 16.8. The van der Waals surface area contributed by atoms with Crippen molar-refractivity contribution in [2.75, 3.05) is 6.54 Å². The number of pyridine rings is 1. The first-order chi connectivity index (χ1) is 15.0. The number of amides is 1. The molecule has 4 N–H and O–H groups in total. The van der Waals surface area contributed by atoms with Crippen LogP contribution in [0.3, 0.4) is 0 Å². The molecule has 3 aromatic rings. The highest BCUT2D eigenvalue weighted by atomic mass is 16.6. The van der Waals surface area contributed by atoms with Crippen LogP contribution in [0.15, 0.2) is 42.7 Å². The van der Waals surface area contributed by atoms with Crippen molar-refractivity contribution in [3.8, 4) is 17.7 Å². The van der Waals surface area contributed by atoms with E-state index in [4.69, 9.17) is 4.74 Å². The molecule has 0 bridgehead atoms. The summed E-state index contributed by atoms with van der Waals surface area (Å²) < 4.78 is 5.73. The van der Waals surface area contributed by atoms with Crippen LogP contribution in [0.1, 0.15) is 18.4 Å². The Morgan fingerprint density at radius 2 is 2.29 bits per heavy atom. The van der Waals surface area contributed by atoms with Gasteiger partial charge in [-0.15, -0.1) is 0 Å². The van der Waals surface area contributed by atoms with Gasteiger partial charge in [-0.25, -0.2) is 4.98 Å². The minimum atomic E-state index is -0.521. The Morgan fingerprint density at radius 1 is 1.45 bits per heavy atom. The maximum absolute atomic E-state index is 12.8. The van der Waals surface area contributed by atoms with E-state index >= 15 is 0 Å². The van der Waals surface area contributed by atoms with Gasteiger partial charge in [-0.1, -0.05) is 0 Å². The minimum absolute atomic E-state index is 0.110. The lowest BCUT2D eigenvalue weighted by Gasteiger charge is -2.21. The molecule has 2 atom stereocenters. The number of nitrogens with one attached hydrogen (secondary N) is 1. The number of ether oxygens (including phenoxy) is 1. The lowest BCUT2D eigenvalue weighted by molar-refractivity contribution is -0.405. The summed E-state index contributed by atoms with van der Waals surface area (Å²) in [5.74, 6) is 0.649. The molecule has 4 rings (SSSR count). The topological polar surface area (TPSA) is 153 Å². The van der Waals surface area contributed by atoms with Crippen LogP contribution in [0.4, 0.5) is 5.69 Å². The van der Waals surface area contributed by atoms with Crippen molar-refractivity contribution in [1.29, 1.82) is 5.26 Å². The molecule has 1 fully saturated rings. The molecule has 0 radical (unpaired) electrons. The zero-order chi connectivity index (χ0) is 22.0. The van der Waals surface area contributed by atoms with Gasteiger partial charge < -0.3 is 20.4 Å². The fraction of sp³-hybridized carbons (Fsp3) is 0.286. The molecule has 2 aromatic heterocycles. The maximum Gasteiger partial charge on any atom is 0.287 e. The van der Waals surface area contributed by atoms with E-state index in [2.05, 4.69) is 21.8 Å². The average molecular weight is 421 g/mol. The first-order valence-corrected chi connectivity index (χ1v) is 9.87. The molecule has 0 spiro atoms. The fourth-order valence-electron chi connectivity index (χ4n) is 3.80. The number of carbonyl (C=O) groups is 1. The number of likely N-dealkylation sites (tertiary alicyclic amines) is 1. The lowest BCUT2D eigenvalue weighted by Crippen LogP contribution is -2.69. The highest BCUT2D eigenvalue weighted by molar-refractivity contribution is 5.87. The van der Waals surface area contributed by atoms with E-state index in [-0.39, 0.29) is 23.5 Å². The van der Waals surface area contributed by atoms with Crippen LogP contribution in [0, 0.1) is 21.4 Å². The van der Waals surface area contributed by atoms with Crippen molar-refractivity contribution < 1.29 is 20.2 Å². The van der Waals surface area contributed by atoms with Gasteiger partial charge in [0.25, 0.3) is 11.6 Å². The quantitative estimate of drug-likeness (QED) is 0.458. The number of fused-ring (bicyclic) bond motifs is 1. The number of H-pyrrole nitrogens is 1. The predicted octanol–water partition coefficient (Wildman–Crippen LogP) is 1.93. The summed E-state index contributed by atoms with van der Waals surface area (Å²) in [6, 6.07) is 9.53.